The lowest BCUT2D eigenvalue weighted by Gasteiger charge is -2.62. The molecule has 0 N–H and O–H groups in total. The lowest BCUT2D eigenvalue weighted by molar-refractivity contribution is -0.153. The van der Waals surface area contributed by atoms with Crippen molar-refractivity contribution in [3.05, 3.63) is 70.8 Å². The molecule has 0 amide bonds. The van der Waals surface area contributed by atoms with E-state index in [0.717, 1.165) is 0 Å². The highest BCUT2D eigenvalue weighted by Crippen LogP contribution is 2.80. The fourth-order valence-corrected chi connectivity index (χ4v) is 5.81. The highest BCUT2D eigenvalue weighted by atomic mass is 16.6. The Kier molecular flexibility index (Phi) is 1.61. The summed E-state index contributed by atoms with van der Waals surface area (Å²) in [6.07, 6.45) is 0. The van der Waals surface area contributed by atoms with Crippen molar-refractivity contribution in [2.45, 2.75) is 17.3 Å². The SMILES string of the molecule is O=C1OC(=O)C2C1C1c3ccccc3C3c4ccccc4C321. The quantitative estimate of drug-likeness (QED) is 0.552. The number of benzene rings is 2. The van der Waals surface area contributed by atoms with E-state index in [0.29, 0.717) is 0 Å². The van der Waals surface area contributed by atoms with Crippen molar-refractivity contribution < 1.29 is 14.3 Å². The molecule has 3 nitrogen and oxygen atoms in total. The molecule has 3 aliphatic carbocycles. The summed E-state index contributed by atoms with van der Waals surface area (Å²) < 4.78 is 4.98. The Balaban J connectivity index is 1.70. The van der Waals surface area contributed by atoms with Crippen molar-refractivity contribution in [1.82, 2.24) is 0 Å². The third-order valence-electron chi connectivity index (χ3n) is 6.33. The summed E-state index contributed by atoms with van der Waals surface area (Å²) in [6, 6.07) is 16.7. The molecule has 1 saturated carbocycles. The van der Waals surface area contributed by atoms with Gasteiger partial charge in [-0.1, -0.05) is 48.5 Å². The summed E-state index contributed by atoms with van der Waals surface area (Å²) in [7, 11) is 0. The third-order valence-corrected chi connectivity index (χ3v) is 6.33. The zero-order valence-electron chi connectivity index (χ0n) is 11.7. The topological polar surface area (TPSA) is 43.4 Å². The number of carbonyl (C=O) groups excluding carboxylic acids is 2. The van der Waals surface area contributed by atoms with Crippen LogP contribution in [0.25, 0.3) is 0 Å². The van der Waals surface area contributed by atoms with Crippen LogP contribution >= 0.6 is 0 Å². The van der Waals surface area contributed by atoms with Gasteiger partial charge in [0.25, 0.3) is 0 Å². The standard InChI is InChI=1S/C19H12O3/c20-17-13-15-10-6-2-1-5-9(10)14-11-7-3-4-8-12(11)19(14,15)16(13)18(21)22-17/h1-8,13-16H. The number of esters is 2. The van der Waals surface area contributed by atoms with E-state index in [1.807, 2.05) is 18.2 Å². The normalized spacial score (nSPS) is 38.7. The minimum absolute atomic E-state index is 0.104. The summed E-state index contributed by atoms with van der Waals surface area (Å²) in [5.74, 6) is -0.884. The smallest absolute Gasteiger partial charge is 0.318 e. The molecule has 4 aliphatic rings. The maximum Gasteiger partial charge on any atom is 0.318 e. The highest BCUT2D eigenvalue weighted by Gasteiger charge is 2.81. The summed E-state index contributed by atoms with van der Waals surface area (Å²) in [5, 5.41) is 0. The largest absolute Gasteiger partial charge is 0.393 e. The Hall–Kier alpha value is -2.42. The summed E-state index contributed by atoms with van der Waals surface area (Å²) >= 11 is 0. The van der Waals surface area contributed by atoms with Crippen LogP contribution in [0.4, 0.5) is 0 Å². The first kappa shape index (κ1) is 11.2. The molecule has 1 spiro atoms. The molecule has 1 aliphatic heterocycles. The molecule has 5 unspecified atom stereocenters. The Bertz CT molecular complexity index is 893. The van der Waals surface area contributed by atoms with Gasteiger partial charge >= 0.3 is 11.9 Å². The van der Waals surface area contributed by atoms with E-state index in [1.54, 1.807) is 0 Å². The minimum Gasteiger partial charge on any atom is -0.393 e. The molecular formula is C19H12O3. The Morgan fingerprint density at radius 3 is 2.27 bits per heavy atom. The van der Waals surface area contributed by atoms with Crippen molar-refractivity contribution in [2.75, 3.05) is 0 Å². The van der Waals surface area contributed by atoms with Crippen molar-refractivity contribution in [1.29, 1.82) is 0 Å². The van der Waals surface area contributed by atoms with Crippen LogP contribution in [0.2, 0.25) is 0 Å². The zero-order valence-corrected chi connectivity index (χ0v) is 11.7. The molecule has 6 rings (SSSR count). The van der Waals surface area contributed by atoms with E-state index < -0.39 is 0 Å². The zero-order chi connectivity index (χ0) is 14.6. The lowest BCUT2D eigenvalue weighted by Crippen LogP contribution is -2.64. The van der Waals surface area contributed by atoms with Gasteiger partial charge < -0.3 is 4.74 Å². The Labute approximate surface area is 126 Å². The monoisotopic (exact) mass is 288 g/mol. The Morgan fingerprint density at radius 1 is 0.773 bits per heavy atom. The second-order valence-electron chi connectivity index (χ2n) is 6.80. The summed E-state index contributed by atoms with van der Waals surface area (Å²) in [5.41, 5.74) is 4.85. The van der Waals surface area contributed by atoms with Crippen LogP contribution < -0.4 is 0 Å². The molecule has 0 bridgehead atoms. The van der Waals surface area contributed by atoms with Gasteiger partial charge in [0, 0.05) is 17.3 Å². The molecule has 106 valence electrons. The average molecular weight is 288 g/mol. The van der Waals surface area contributed by atoms with Gasteiger partial charge in [-0.05, 0) is 22.3 Å². The number of carbonyl (C=O) groups is 2. The first-order chi connectivity index (χ1) is 10.8. The van der Waals surface area contributed by atoms with Gasteiger partial charge in [-0.2, -0.15) is 0 Å². The lowest BCUT2D eigenvalue weighted by atomic mass is 9.37. The van der Waals surface area contributed by atoms with Crippen molar-refractivity contribution in [2.24, 2.45) is 11.8 Å². The van der Waals surface area contributed by atoms with Crippen LogP contribution in [0.1, 0.15) is 34.1 Å². The van der Waals surface area contributed by atoms with E-state index in [2.05, 4.69) is 30.3 Å². The van der Waals surface area contributed by atoms with Gasteiger partial charge in [0.15, 0.2) is 0 Å². The van der Waals surface area contributed by atoms with Crippen LogP contribution in [0.3, 0.4) is 0 Å². The minimum atomic E-state index is -0.328. The van der Waals surface area contributed by atoms with Gasteiger partial charge in [-0.25, -0.2) is 0 Å². The molecular weight excluding hydrogens is 276 g/mol. The fraction of sp³-hybridized carbons (Fsp3) is 0.263. The fourth-order valence-electron chi connectivity index (χ4n) is 5.81. The van der Waals surface area contributed by atoms with Crippen LogP contribution in [-0.2, 0) is 19.7 Å². The number of ether oxygens (including phenoxy) is 1. The first-order valence-corrected chi connectivity index (χ1v) is 7.70. The average Bonchev–Trinajstić information content (AvgIpc) is 2.83. The maximum absolute atomic E-state index is 12.3. The van der Waals surface area contributed by atoms with Crippen LogP contribution in [-0.4, -0.2) is 11.9 Å². The molecule has 5 atom stereocenters. The van der Waals surface area contributed by atoms with E-state index in [-0.39, 0.29) is 41.0 Å². The predicted octanol–water partition coefficient (Wildman–Crippen LogP) is 2.50. The van der Waals surface area contributed by atoms with Crippen molar-refractivity contribution >= 4 is 11.9 Å². The Morgan fingerprint density at radius 2 is 1.45 bits per heavy atom. The third kappa shape index (κ3) is 0.846. The summed E-state index contributed by atoms with van der Waals surface area (Å²) in [6.45, 7) is 0. The van der Waals surface area contributed by atoms with Crippen LogP contribution in [0.15, 0.2) is 48.5 Å². The van der Waals surface area contributed by atoms with Crippen LogP contribution in [0.5, 0.6) is 0 Å². The van der Waals surface area contributed by atoms with E-state index in [4.69, 9.17) is 4.74 Å². The van der Waals surface area contributed by atoms with Gasteiger partial charge in [0.2, 0.25) is 0 Å². The number of rotatable bonds is 0. The van der Waals surface area contributed by atoms with Gasteiger partial charge in [-0.15, -0.1) is 0 Å². The highest BCUT2D eigenvalue weighted by molar-refractivity contribution is 6.03. The molecule has 0 aromatic heterocycles. The predicted molar refractivity (Wildman–Crippen MR) is 77.2 cm³/mol. The van der Waals surface area contributed by atoms with Crippen LogP contribution in [0, 0.1) is 11.8 Å². The second kappa shape index (κ2) is 3.17. The molecule has 1 heterocycles. The molecule has 2 aromatic carbocycles. The molecule has 3 heteroatoms. The van der Waals surface area contributed by atoms with E-state index >= 15 is 0 Å². The molecule has 1 saturated heterocycles. The summed E-state index contributed by atoms with van der Waals surface area (Å²) in [4.78, 5) is 24.4. The van der Waals surface area contributed by atoms with E-state index in [1.165, 1.54) is 22.3 Å². The number of hydrogen-bond acceptors (Lipinski definition) is 3. The number of cyclic esters (lactones) is 2. The second-order valence-corrected chi connectivity index (χ2v) is 6.80. The first-order valence-electron chi connectivity index (χ1n) is 7.70. The van der Waals surface area contributed by atoms with Gasteiger partial charge in [-0.3, -0.25) is 9.59 Å². The molecule has 22 heavy (non-hydrogen) atoms. The number of fused-ring (bicyclic) bond motifs is 7. The van der Waals surface area contributed by atoms with Gasteiger partial charge in [0.05, 0.1) is 11.8 Å². The van der Waals surface area contributed by atoms with Crippen molar-refractivity contribution in [3.8, 4) is 0 Å². The van der Waals surface area contributed by atoms with Gasteiger partial charge in [0.1, 0.15) is 0 Å². The molecule has 0 radical (unpaired) electrons. The maximum atomic E-state index is 12.3. The molecule has 2 fully saturated rings. The molecule has 2 aromatic rings. The van der Waals surface area contributed by atoms with E-state index in [9.17, 15) is 9.59 Å². The number of hydrogen-bond donors (Lipinski definition) is 0. The van der Waals surface area contributed by atoms with Crippen molar-refractivity contribution in [3.63, 3.8) is 0 Å².